The van der Waals surface area contributed by atoms with Crippen LogP contribution in [0.2, 0.25) is 5.02 Å². The van der Waals surface area contributed by atoms with Crippen LogP contribution in [0, 0.1) is 0 Å². The summed E-state index contributed by atoms with van der Waals surface area (Å²) in [6.07, 6.45) is -0.609. The van der Waals surface area contributed by atoms with E-state index in [1.165, 1.54) is 22.9 Å². The quantitative estimate of drug-likeness (QED) is 0.488. The lowest BCUT2D eigenvalue weighted by atomic mass is 10.1. The summed E-state index contributed by atoms with van der Waals surface area (Å²) < 4.78 is 46.6. The summed E-state index contributed by atoms with van der Waals surface area (Å²) >= 11 is 5.74. The zero-order valence-corrected chi connectivity index (χ0v) is 15.6. The van der Waals surface area contributed by atoms with Gasteiger partial charge in [-0.3, -0.25) is 0 Å². The normalized spacial score (nSPS) is 13.8. The topological polar surface area (TPSA) is 68.2 Å². The average Bonchev–Trinajstić information content (AvgIpc) is 3.41. The molecule has 5 rings (SSSR count). The van der Waals surface area contributed by atoms with Crippen molar-refractivity contribution in [2.75, 3.05) is 5.32 Å². The van der Waals surface area contributed by atoms with Crippen LogP contribution in [0.4, 0.5) is 24.7 Å². The molecule has 6 nitrogen and oxygen atoms in total. The van der Waals surface area contributed by atoms with Gasteiger partial charge in [0.2, 0.25) is 5.82 Å². The first kappa shape index (κ1) is 18.0. The number of aromatic nitrogens is 4. The Labute approximate surface area is 167 Å². The molecule has 4 aromatic rings. The standard InChI is InChI=1S/C19H13ClF3N5O/c20-13-7-6-10(9-12(13)19(21,22)23)24-17-11-3-1-4-14(11)25-18-26-16(27-28(17)18)15-5-2-8-29-15/h2,5-9,24H,1,3-4H2. The second-order valence-electron chi connectivity index (χ2n) is 6.68. The van der Waals surface area contributed by atoms with Gasteiger partial charge in [-0.05, 0) is 49.6 Å². The molecule has 0 bridgehead atoms. The van der Waals surface area contributed by atoms with Gasteiger partial charge in [0.15, 0.2) is 5.76 Å². The maximum atomic E-state index is 13.2. The van der Waals surface area contributed by atoms with Gasteiger partial charge in [0, 0.05) is 11.3 Å². The molecule has 148 valence electrons. The Morgan fingerprint density at radius 3 is 2.76 bits per heavy atom. The van der Waals surface area contributed by atoms with Crippen LogP contribution in [0.1, 0.15) is 23.2 Å². The number of anilines is 2. The largest absolute Gasteiger partial charge is 0.461 e. The minimum atomic E-state index is -4.55. The third kappa shape index (κ3) is 3.11. The van der Waals surface area contributed by atoms with E-state index in [-0.39, 0.29) is 10.7 Å². The fourth-order valence-corrected chi connectivity index (χ4v) is 3.70. The van der Waals surface area contributed by atoms with E-state index in [9.17, 15) is 13.2 Å². The van der Waals surface area contributed by atoms with E-state index < -0.39 is 11.7 Å². The second kappa shape index (κ2) is 6.48. The minimum Gasteiger partial charge on any atom is -0.461 e. The van der Waals surface area contributed by atoms with Crippen molar-refractivity contribution in [2.45, 2.75) is 25.4 Å². The molecule has 0 aliphatic heterocycles. The van der Waals surface area contributed by atoms with Crippen LogP contribution in [0.5, 0.6) is 0 Å². The molecule has 0 radical (unpaired) electrons. The molecule has 29 heavy (non-hydrogen) atoms. The van der Waals surface area contributed by atoms with Gasteiger partial charge in [-0.2, -0.15) is 22.7 Å². The van der Waals surface area contributed by atoms with Crippen LogP contribution in [0.25, 0.3) is 17.4 Å². The average molecular weight is 420 g/mol. The van der Waals surface area contributed by atoms with E-state index >= 15 is 0 Å². The smallest absolute Gasteiger partial charge is 0.417 e. The fraction of sp³-hybridized carbons (Fsp3) is 0.211. The van der Waals surface area contributed by atoms with Gasteiger partial charge < -0.3 is 9.73 Å². The number of aryl methyl sites for hydroxylation is 1. The first-order valence-corrected chi connectivity index (χ1v) is 9.24. The Hall–Kier alpha value is -3.07. The molecule has 0 fully saturated rings. The van der Waals surface area contributed by atoms with Crippen LogP contribution in [-0.4, -0.2) is 19.6 Å². The first-order chi connectivity index (χ1) is 13.9. The number of alkyl halides is 3. The number of nitrogens with zero attached hydrogens (tertiary/aromatic N) is 4. The van der Waals surface area contributed by atoms with Crippen molar-refractivity contribution in [2.24, 2.45) is 0 Å². The minimum absolute atomic E-state index is 0.248. The van der Waals surface area contributed by atoms with Gasteiger partial charge in [0.05, 0.1) is 22.5 Å². The van der Waals surface area contributed by atoms with Gasteiger partial charge in [-0.15, -0.1) is 5.10 Å². The Morgan fingerprint density at radius 2 is 2.00 bits per heavy atom. The second-order valence-corrected chi connectivity index (χ2v) is 7.09. The van der Waals surface area contributed by atoms with Gasteiger partial charge in [-0.1, -0.05) is 11.6 Å². The van der Waals surface area contributed by atoms with Gasteiger partial charge in [0.25, 0.3) is 5.78 Å². The number of fused-ring (bicyclic) bond motifs is 2. The van der Waals surface area contributed by atoms with Crippen LogP contribution < -0.4 is 5.32 Å². The van der Waals surface area contributed by atoms with Gasteiger partial charge in [-0.25, -0.2) is 4.98 Å². The van der Waals surface area contributed by atoms with E-state index in [2.05, 4.69) is 20.4 Å². The van der Waals surface area contributed by atoms with Crippen LogP contribution in [-0.2, 0) is 19.0 Å². The number of hydrogen-bond acceptors (Lipinski definition) is 5. The number of rotatable bonds is 3. The highest BCUT2D eigenvalue weighted by Crippen LogP contribution is 2.38. The maximum absolute atomic E-state index is 13.2. The number of halogens is 4. The van der Waals surface area contributed by atoms with Crippen molar-refractivity contribution < 1.29 is 17.6 Å². The summed E-state index contributed by atoms with van der Waals surface area (Å²) in [7, 11) is 0. The maximum Gasteiger partial charge on any atom is 0.417 e. The molecule has 0 unspecified atom stereocenters. The number of benzene rings is 1. The van der Waals surface area contributed by atoms with E-state index in [4.69, 9.17) is 16.0 Å². The van der Waals surface area contributed by atoms with E-state index in [0.717, 1.165) is 36.6 Å². The summed E-state index contributed by atoms with van der Waals surface area (Å²) in [5.41, 5.74) is 1.12. The van der Waals surface area contributed by atoms with Crippen molar-refractivity contribution in [1.29, 1.82) is 0 Å². The summed E-state index contributed by atoms with van der Waals surface area (Å²) in [5.74, 6) is 1.72. The fourth-order valence-electron chi connectivity index (χ4n) is 3.48. The van der Waals surface area contributed by atoms with Crippen LogP contribution >= 0.6 is 11.6 Å². The number of nitrogens with one attached hydrogen (secondary N) is 1. The van der Waals surface area contributed by atoms with E-state index in [1.54, 1.807) is 12.1 Å². The summed E-state index contributed by atoms with van der Waals surface area (Å²) in [4.78, 5) is 8.98. The lowest BCUT2D eigenvalue weighted by Crippen LogP contribution is -2.09. The Balaban J connectivity index is 1.65. The third-order valence-corrected chi connectivity index (χ3v) is 5.12. The molecule has 10 heteroatoms. The Bertz CT molecular complexity index is 1220. The van der Waals surface area contributed by atoms with E-state index in [1.807, 2.05) is 0 Å². The SMILES string of the molecule is FC(F)(F)c1cc(Nc2c3c(nc4nc(-c5ccco5)nn24)CCC3)ccc1Cl. The lowest BCUT2D eigenvalue weighted by Gasteiger charge is -2.15. The molecule has 1 aliphatic rings. The lowest BCUT2D eigenvalue weighted by molar-refractivity contribution is -0.137. The highest BCUT2D eigenvalue weighted by Gasteiger charge is 2.33. The number of hydrogen-bond donors (Lipinski definition) is 1. The Kier molecular flexibility index (Phi) is 4.02. The zero-order valence-electron chi connectivity index (χ0n) is 14.8. The molecule has 1 N–H and O–H groups in total. The monoisotopic (exact) mass is 419 g/mol. The molecule has 3 aromatic heterocycles. The molecule has 0 spiro atoms. The molecule has 0 amide bonds. The van der Waals surface area contributed by atoms with Crippen molar-refractivity contribution in [3.05, 3.63) is 58.4 Å². The van der Waals surface area contributed by atoms with Crippen LogP contribution in [0.3, 0.4) is 0 Å². The molecule has 1 aromatic carbocycles. The molecule has 1 aliphatic carbocycles. The summed E-state index contributed by atoms with van der Waals surface area (Å²) in [5, 5.41) is 7.18. The zero-order chi connectivity index (χ0) is 20.2. The van der Waals surface area contributed by atoms with Crippen molar-refractivity contribution in [3.63, 3.8) is 0 Å². The highest BCUT2D eigenvalue weighted by molar-refractivity contribution is 6.31. The van der Waals surface area contributed by atoms with Crippen molar-refractivity contribution in [1.82, 2.24) is 19.6 Å². The number of furan rings is 1. The predicted molar refractivity (Wildman–Crippen MR) is 100 cm³/mol. The first-order valence-electron chi connectivity index (χ1n) is 8.86. The highest BCUT2D eigenvalue weighted by atomic mass is 35.5. The molecule has 0 atom stereocenters. The summed E-state index contributed by atoms with van der Waals surface area (Å²) in [6.45, 7) is 0. The van der Waals surface area contributed by atoms with Gasteiger partial charge >= 0.3 is 6.18 Å². The summed E-state index contributed by atoms with van der Waals surface area (Å²) in [6, 6.07) is 7.15. The van der Waals surface area contributed by atoms with Gasteiger partial charge in [0.1, 0.15) is 5.82 Å². The van der Waals surface area contributed by atoms with Crippen LogP contribution in [0.15, 0.2) is 41.0 Å². The Morgan fingerprint density at radius 1 is 1.14 bits per heavy atom. The molecular formula is C19H13ClF3N5O. The molecule has 3 heterocycles. The van der Waals surface area contributed by atoms with E-state index in [0.29, 0.717) is 23.2 Å². The van der Waals surface area contributed by atoms with Crippen molar-refractivity contribution in [3.8, 4) is 11.6 Å². The predicted octanol–water partition coefficient (Wildman–Crippen LogP) is 5.29. The molecule has 0 saturated carbocycles. The molecular weight excluding hydrogens is 407 g/mol. The third-order valence-electron chi connectivity index (χ3n) is 4.79. The van der Waals surface area contributed by atoms with Crippen molar-refractivity contribution >= 4 is 28.9 Å². The molecule has 0 saturated heterocycles.